The molecule has 1 aromatic heterocycles. The summed E-state index contributed by atoms with van der Waals surface area (Å²) in [6.07, 6.45) is 21.3. The highest BCUT2D eigenvalue weighted by atomic mass is 16.6. The van der Waals surface area contributed by atoms with Gasteiger partial charge in [-0.1, -0.05) is 105 Å². The largest absolute Gasteiger partial charge is 0.454 e. The Bertz CT molecular complexity index is 2600. The minimum absolute atomic E-state index is 0.103. The van der Waals surface area contributed by atoms with Gasteiger partial charge >= 0.3 is 24.2 Å². The van der Waals surface area contributed by atoms with Crippen LogP contribution in [0.1, 0.15) is 110 Å². The second-order valence-electron chi connectivity index (χ2n) is 21.8. The summed E-state index contributed by atoms with van der Waals surface area (Å²) in [5.74, 6) is -0.625. The molecule has 2 aromatic rings. The van der Waals surface area contributed by atoms with Gasteiger partial charge in [-0.25, -0.2) is 19.2 Å². The normalized spacial score (nSPS) is 24.8. The second kappa shape index (κ2) is 29.8. The second-order valence-corrected chi connectivity index (χ2v) is 21.8. The Morgan fingerprint density at radius 2 is 1.67 bits per heavy atom. The van der Waals surface area contributed by atoms with Crippen molar-refractivity contribution in [2.24, 2.45) is 48.3 Å². The molecule has 8 N–H and O–H groups in total. The number of aliphatic hydroxyl groups is 1. The van der Waals surface area contributed by atoms with E-state index < -0.39 is 60.4 Å². The molecular weight excluding hydrogens is 1010 g/mol. The number of hydrogen-bond acceptors (Lipinski definition) is 13. The zero-order chi connectivity index (χ0) is 57.2. The van der Waals surface area contributed by atoms with Gasteiger partial charge in [0, 0.05) is 44.1 Å². The molecule has 4 aliphatic rings. The van der Waals surface area contributed by atoms with Crippen molar-refractivity contribution >= 4 is 41.7 Å². The van der Waals surface area contributed by atoms with Gasteiger partial charge in [0.05, 0.1) is 42.3 Å². The molecule has 1 saturated heterocycles. The molecule has 1 aromatic carbocycles. The summed E-state index contributed by atoms with van der Waals surface area (Å²) in [6.45, 7) is 13.8. The fourth-order valence-electron chi connectivity index (χ4n) is 10.6. The zero-order valence-electron chi connectivity index (χ0n) is 47.0. The van der Waals surface area contributed by atoms with Gasteiger partial charge in [0.25, 0.3) is 0 Å². The van der Waals surface area contributed by atoms with Crippen molar-refractivity contribution in [3.8, 4) is 0 Å². The Hall–Kier alpha value is -7.06. The Kier molecular flexibility index (Phi) is 23.1. The lowest BCUT2D eigenvalue weighted by Gasteiger charge is -2.39. The van der Waals surface area contributed by atoms with E-state index in [0.717, 1.165) is 54.6 Å². The summed E-state index contributed by atoms with van der Waals surface area (Å²) in [6, 6.07) is 3.23. The number of fused-ring (bicyclic) bond motifs is 2. The van der Waals surface area contributed by atoms with Crippen LogP contribution in [0.4, 0.5) is 20.1 Å². The number of hydrogen-bond donors (Lipinski definition) is 7. The SMILES string of the molecule is C/C=C/[C@@H]1O[C@H]([C@H](/C=C/C=C(\C)C[C@@H](C)/C=C\C=C(/C)[C@H]2CC=CC(=O)O2)NC(=O)OCc2ccc(NC(=O)[C@H](CCCNC(N)=O)NC(=O)[C@@H](NC(=O)OC[C@@H]3[C@@H]4CCc5nnn(C)c5CC[C@@H]43)C(C)C)cc2)C[C@@H](O)[C@@H]1C. The van der Waals surface area contributed by atoms with Gasteiger partial charge in [0.2, 0.25) is 11.8 Å². The first-order valence-corrected chi connectivity index (χ1v) is 27.8. The zero-order valence-corrected chi connectivity index (χ0v) is 47.0. The fraction of sp³-hybridized carbons (Fsp3) is 0.559. The third-order valence-corrected chi connectivity index (χ3v) is 15.3. The van der Waals surface area contributed by atoms with E-state index in [0.29, 0.717) is 42.3 Å². The molecule has 6 rings (SSSR count). The molecule has 2 aliphatic carbocycles. The number of carbonyl (C=O) groups excluding carboxylic acids is 6. The van der Waals surface area contributed by atoms with Crippen molar-refractivity contribution in [1.29, 1.82) is 0 Å². The highest BCUT2D eigenvalue weighted by Gasteiger charge is 2.50. The highest BCUT2D eigenvalue weighted by molar-refractivity contribution is 5.98. The summed E-state index contributed by atoms with van der Waals surface area (Å²) < 4.78 is 25.0. The summed E-state index contributed by atoms with van der Waals surface area (Å²) in [4.78, 5) is 77.3. The van der Waals surface area contributed by atoms with Crippen molar-refractivity contribution in [2.75, 3.05) is 18.5 Å². The number of carbonyl (C=O) groups is 6. The van der Waals surface area contributed by atoms with Crippen molar-refractivity contribution in [3.63, 3.8) is 0 Å². The number of allylic oxidation sites excluding steroid dienone is 7. The fourth-order valence-corrected chi connectivity index (χ4v) is 10.6. The molecule has 3 heterocycles. The molecule has 0 spiro atoms. The number of rotatable bonds is 24. The molecule has 1 saturated carbocycles. The van der Waals surface area contributed by atoms with Crippen LogP contribution in [0, 0.1) is 35.5 Å². The van der Waals surface area contributed by atoms with Crippen LogP contribution in [-0.2, 0) is 59.8 Å². The molecule has 12 atom stereocenters. The van der Waals surface area contributed by atoms with E-state index in [-0.39, 0.29) is 68.0 Å². The topological polar surface area (TPSA) is 276 Å². The van der Waals surface area contributed by atoms with Crippen molar-refractivity contribution in [1.82, 2.24) is 36.3 Å². The van der Waals surface area contributed by atoms with Crippen LogP contribution in [0.15, 0.2) is 96.2 Å². The van der Waals surface area contributed by atoms with Crippen LogP contribution in [0.5, 0.6) is 0 Å². The molecule has 2 fully saturated rings. The first-order valence-electron chi connectivity index (χ1n) is 27.8. The number of ether oxygens (including phenoxy) is 4. The number of anilines is 1. The number of urea groups is 1. The molecule has 0 radical (unpaired) electrons. The standard InChI is InChI=1S/C59H83N9O11/c1-9-14-51-39(7)49(69)32-52(78-51)46(18-11-16-37(5)31-36(4)15-10-17-38(6)50-20-12-21-53(70)79-50)64-58(74)76-33-40-22-24-41(25-23-40)62-55(71)47(19-13-30-61-57(60)73)63-56(72)54(35(2)3)65-59(75)77-34-44-42-26-28-45-48(29-27-43(42)44)68(8)67-66-45/h9-12,14-18,21-25,35-36,39,42-44,46-47,49-52,54,69H,13,19-20,26-34H2,1-8H3,(H,62,71)(H,63,72)(H,64,74)(H,65,75)(H3,60,61,73)/b14-9+,15-10-,18-11+,37-16+,38-17+/t36-,39-,42+,43-,44+,46-,47-,49+,50+,51-,52-,54-/m0/s1. The molecule has 2 aliphatic heterocycles. The number of amides is 6. The van der Waals surface area contributed by atoms with E-state index in [1.54, 1.807) is 38.1 Å². The smallest absolute Gasteiger partial charge is 0.408 e. The number of nitrogens with one attached hydrogen (secondary N) is 5. The van der Waals surface area contributed by atoms with E-state index in [1.165, 1.54) is 6.08 Å². The number of primary amides is 1. The number of alkyl carbamates (subject to hydrolysis) is 2. The number of nitrogens with zero attached hydrogens (tertiary/aromatic N) is 3. The maximum Gasteiger partial charge on any atom is 0.408 e. The summed E-state index contributed by atoms with van der Waals surface area (Å²) in [7, 11) is 1.91. The van der Waals surface area contributed by atoms with E-state index in [4.69, 9.17) is 24.7 Å². The summed E-state index contributed by atoms with van der Waals surface area (Å²) >= 11 is 0. The van der Waals surface area contributed by atoms with Gasteiger partial charge in [-0.2, -0.15) is 0 Å². The Labute approximate surface area is 464 Å². The third kappa shape index (κ3) is 18.8. The lowest BCUT2D eigenvalue weighted by atomic mass is 9.87. The van der Waals surface area contributed by atoms with Crippen LogP contribution < -0.4 is 32.3 Å². The minimum Gasteiger partial charge on any atom is -0.454 e. The maximum absolute atomic E-state index is 13.8. The number of aryl methyl sites for hydroxylation is 2. The molecule has 79 heavy (non-hydrogen) atoms. The van der Waals surface area contributed by atoms with E-state index in [2.05, 4.69) is 49.9 Å². The van der Waals surface area contributed by atoms with E-state index >= 15 is 0 Å². The molecule has 0 bridgehead atoms. The Morgan fingerprint density at radius 1 is 0.949 bits per heavy atom. The van der Waals surface area contributed by atoms with Crippen LogP contribution in [0.25, 0.3) is 0 Å². The van der Waals surface area contributed by atoms with E-state index in [9.17, 15) is 33.9 Å². The lowest BCUT2D eigenvalue weighted by molar-refractivity contribution is -0.142. The predicted molar refractivity (Wildman–Crippen MR) is 299 cm³/mol. The van der Waals surface area contributed by atoms with Gasteiger partial charge in [0.15, 0.2) is 0 Å². The van der Waals surface area contributed by atoms with Crippen LogP contribution in [-0.4, -0.2) is 112 Å². The van der Waals surface area contributed by atoms with Gasteiger partial charge in [0.1, 0.15) is 24.8 Å². The van der Waals surface area contributed by atoms with E-state index in [1.807, 2.05) is 88.0 Å². The third-order valence-electron chi connectivity index (χ3n) is 15.3. The molecular formula is C59H83N9O11. The predicted octanol–water partition coefficient (Wildman–Crippen LogP) is 7.11. The monoisotopic (exact) mass is 1090 g/mol. The van der Waals surface area contributed by atoms with Crippen molar-refractivity contribution in [3.05, 3.63) is 113 Å². The Balaban J connectivity index is 1.01. The maximum atomic E-state index is 13.8. The summed E-state index contributed by atoms with van der Waals surface area (Å²) in [5.41, 5.74) is 10.6. The molecule has 0 unspecified atom stereocenters. The van der Waals surface area contributed by atoms with Crippen LogP contribution in [0.3, 0.4) is 0 Å². The van der Waals surface area contributed by atoms with Gasteiger partial charge in [-0.05, 0) is 119 Å². The first-order chi connectivity index (χ1) is 37.8. The highest BCUT2D eigenvalue weighted by Crippen LogP contribution is 2.53. The molecule has 6 amide bonds. The number of aromatic nitrogens is 3. The average molecular weight is 1090 g/mol. The molecule has 430 valence electrons. The van der Waals surface area contributed by atoms with Gasteiger partial charge in [-0.15, -0.1) is 5.10 Å². The van der Waals surface area contributed by atoms with Crippen molar-refractivity contribution in [2.45, 2.75) is 155 Å². The molecule has 20 nitrogen and oxygen atoms in total. The summed E-state index contributed by atoms with van der Waals surface area (Å²) in [5, 5.41) is 33.3. The number of benzene rings is 1. The van der Waals surface area contributed by atoms with Crippen molar-refractivity contribution < 1.29 is 52.8 Å². The lowest BCUT2D eigenvalue weighted by Crippen LogP contribution is -2.54. The van der Waals surface area contributed by atoms with Crippen LogP contribution in [0.2, 0.25) is 0 Å². The molecule has 20 heteroatoms. The quantitative estimate of drug-likeness (QED) is 0.0182. The van der Waals surface area contributed by atoms with Gasteiger partial charge in [-0.3, -0.25) is 14.3 Å². The number of aliphatic hydroxyl groups excluding tert-OH is 1. The Morgan fingerprint density at radius 3 is 2.38 bits per heavy atom. The number of esters is 1. The number of cyclic esters (lactones) is 1. The minimum atomic E-state index is -1.06. The number of nitrogens with two attached hydrogens (primary N) is 1. The average Bonchev–Trinajstić information content (AvgIpc) is 4.18. The van der Waals surface area contributed by atoms with Crippen LogP contribution >= 0.6 is 0 Å². The van der Waals surface area contributed by atoms with Gasteiger partial charge < -0.3 is 56.4 Å². The first kappa shape index (κ1) is 61.2.